The van der Waals surface area contributed by atoms with Gasteiger partial charge in [0.05, 0.1) is 0 Å². The molecule has 1 aliphatic carbocycles. The second kappa shape index (κ2) is 7.94. The third kappa shape index (κ3) is 2.98. The van der Waals surface area contributed by atoms with Gasteiger partial charge in [0.2, 0.25) is 0 Å². The van der Waals surface area contributed by atoms with Crippen LogP contribution in [0.25, 0.3) is 66.1 Å². The first kappa shape index (κ1) is 20.6. The zero-order chi connectivity index (χ0) is 24.3. The molecule has 1 heteroatoms. The van der Waals surface area contributed by atoms with Crippen LogP contribution >= 0.6 is 0 Å². The number of furan rings is 1. The van der Waals surface area contributed by atoms with E-state index < -0.39 is 0 Å². The minimum absolute atomic E-state index is 0.972. The molecule has 6 aromatic carbocycles. The molecule has 0 spiro atoms. The average molecular weight is 473 g/mol. The van der Waals surface area contributed by atoms with Crippen molar-refractivity contribution in [2.45, 2.75) is 12.8 Å². The van der Waals surface area contributed by atoms with E-state index in [4.69, 9.17) is 4.42 Å². The molecule has 0 amide bonds. The SMILES string of the molecule is c1ccc(-c2c3ccccc3c(-c3cccc4oc5c(c34)CCc3ccccc3-5)c3ccccc23)cc1. The van der Waals surface area contributed by atoms with Gasteiger partial charge in [0.25, 0.3) is 0 Å². The molecule has 0 radical (unpaired) electrons. The minimum atomic E-state index is 0.972. The molecular weight excluding hydrogens is 448 g/mol. The second-order valence-electron chi connectivity index (χ2n) is 9.95. The van der Waals surface area contributed by atoms with Gasteiger partial charge in [-0.3, -0.25) is 0 Å². The summed E-state index contributed by atoms with van der Waals surface area (Å²) >= 11 is 0. The second-order valence-corrected chi connectivity index (χ2v) is 9.95. The van der Waals surface area contributed by atoms with Crippen molar-refractivity contribution in [3.63, 3.8) is 0 Å². The first-order valence-corrected chi connectivity index (χ1v) is 13.0. The van der Waals surface area contributed by atoms with Gasteiger partial charge >= 0.3 is 0 Å². The van der Waals surface area contributed by atoms with Crippen molar-refractivity contribution < 1.29 is 4.42 Å². The smallest absolute Gasteiger partial charge is 0.138 e. The molecule has 0 aliphatic heterocycles. The molecule has 174 valence electrons. The topological polar surface area (TPSA) is 13.1 Å². The van der Waals surface area contributed by atoms with Crippen molar-refractivity contribution in [1.82, 2.24) is 0 Å². The minimum Gasteiger partial charge on any atom is -0.456 e. The molecule has 7 aromatic rings. The zero-order valence-electron chi connectivity index (χ0n) is 20.4. The van der Waals surface area contributed by atoms with Crippen LogP contribution in [0, 0.1) is 0 Å². The zero-order valence-corrected chi connectivity index (χ0v) is 20.4. The maximum atomic E-state index is 6.60. The third-order valence-corrected chi connectivity index (χ3v) is 7.98. The first-order valence-electron chi connectivity index (χ1n) is 13.0. The maximum Gasteiger partial charge on any atom is 0.138 e. The summed E-state index contributed by atoms with van der Waals surface area (Å²) < 4.78 is 6.60. The summed E-state index contributed by atoms with van der Waals surface area (Å²) in [6.07, 6.45) is 2.04. The summed E-state index contributed by atoms with van der Waals surface area (Å²) in [6, 6.07) is 43.8. The lowest BCUT2D eigenvalue weighted by atomic mass is 9.83. The fraction of sp³-hybridized carbons (Fsp3) is 0.0556. The molecule has 1 nitrogen and oxygen atoms in total. The van der Waals surface area contributed by atoms with Crippen molar-refractivity contribution in [1.29, 1.82) is 0 Å². The first-order chi connectivity index (χ1) is 18.4. The monoisotopic (exact) mass is 472 g/mol. The van der Waals surface area contributed by atoms with E-state index in [1.807, 2.05) is 0 Å². The van der Waals surface area contributed by atoms with Gasteiger partial charge in [-0.25, -0.2) is 0 Å². The van der Waals surface area contributed by atoms with Gasteiger partial charge in [-0.1, -0.05) is 115 Å². The van der Waals surface area contributed by atoms with Gasteiger partial charge in [-0.05, 0) is 68.3 Å². The van der Waals surface area contributed by atoms with Gasteiger partial charge in [0.15, 0.2) is 0 Å². The predicted molar refractivity (Wildman–Crippen MR) is 155 cm³/mol. The van der Waals surface area contributed by atoms with Crippen LogP contribution in [0.4, 0.5) is 0 Å². The van der Waals surface area contributed by atoms with E-state index in [0.717, 1.165) is 24.2 Å². The van der Waals surface area contributed by atoms with Crippen molar-refractivity contribution >= 4 is 32.5 Å². The molecule has 0 N–H and O–H groups in total. The Kier molecular flexibility index (Phi) is 4.41. The van der Waals surface area contributed by atoms with Crippen LogP contribution in [-0.2, 0) is 12.8 Å². The van der Waals surface area contributed by atoms with Gasteiger partial charge in [-0.2, -0.15) is 0 Å². The molecule has 0 saturated heterocycles. The number of fused-ring (bicyclic) bond motifs is 7. The lowest BCUT2D eigenvalue weighted by molar-refractivity contribution is 0.621. The van der Waals surface area contributed by atoms with Gasteiger partial charge < -0.3 is 4.42 Å². The van der Waals surface area contributed by atoms with Crippen LogP contribution in [-0.4, -0.2) is 0 Å². The quantitative estimate of drug-likeness (QED) is 0.228. The molecule has 1 aromatic heterocycles. The highest BCUT2D eigenvalue weighted by Crippen LogP contribution is 2.48. The largest absolute Gasteiger partial charge is 0.456 e. The van der Waals surface area contributed by atoms with E-state index in [1.165, 1.54) is 65.9 Å². The van der Waals surface area contributed by atoms with Crippen LogP contribution in [0.2, 0.25) is 0 Å². The number of rotatable bonds is 2. The Morgan fingerprint density at radius 2 is 1.05 bits per heavy atom. The molecule has 1 aliphatic rings. The van der Waals surface area contributed by atoms with Crippen molar-refractivity contribution in [2.75, 3.05) is 0 Å². The summed E-state index contributed by atoms with van der Waals surface area (Å²) in [4.78, 5) is 0. The lowest BCUT2D eigenvalue weighted by Gasteiger charge is -2.19. The fourth-order valence-electron chi connectivity index (χ4n) is 6.43. The molecule has 8 rings (SSSR count). The van der Waals surface area contributed by atoms with Crippen LogP contribution < -0.4 is 0 Å². The molecule has 0 saturated carbocycles. The molecule has 0 fully saturated rings. The van der Waals surface area contributed by atoms with E-state index in [-0.39, 0.29) is 0 Å². The van der Waals surface area contributed by atoms with E-state index in [9.17, 15) is 0 Å². The standard InChI is InChI=1S/C36H24O/c1-2-12-24(13-3-1)33-26-15-6-8-17-28(26)34(29-18-9-7-16-27(29)33)30-19-10-20-32-35(30)31-22-21-23-11-4-5-14-25(23)36(31)37-32/h1-20H,21-22H2. The van der Waals surface area contributed by atoms with E-state index in [1.54, 1.807) is 0 Å². The molecular formula is C36H24O. The van der Waals surface area contributed by atoms with E-state index in [2.05, 4.69) is 121 Å². The van der Waals surface area contributed by atoms with Crippen molar-refractivity contribution in [2.24, 2.45) is 0 Å². The average Bonchev–Trinajstić information content (AvgIpc) is 3.36. The van der Waals surface area contributed by atoms with Crippen LogP contribution in [0.3, 0.4) is 0 Å². The summed E-state index contributed by atoms with van der Waals surface area (Å²) in [5.74, 6) is 1.04. The Bertz CT molecular complexity index is 1920. The Morgan fingerprint density at radius 3 is 1.78 bits per heavy atom. The highest BCUT2D eigenvalue weighted by Gasteiger charge is 2.26. The van der Waals surface area contributed by atoms with Gasteiger partial charge in [0.1, 0.15) is 11.3 Å². The van der Waals surface area contributed by atoms with E-state index in [0.29, 0.717) is 0 Å². The Morgan fingerprint density at radius 1 is 0.459 bits per heavy atom. The fourth-order valence-corrected chi connectivity index (χ4v) is 6.43. The van der Waals surface area contributed by atoms with Gasteiger partial charge in [0, 0.05) is 16.5 Å². The number of aryl methyl sites for hydroxylation is 2. The number of hydrogen-bond donors (Lipinski definition) is 0. The normalized spacial score (nSPS) is 12.6. The number of benzene rings is 6. The Balaban J connectivity index is 1.52. The Hall–Kier alpha value is -4.62. The summed E-state index contributed by atoms with van der Waals surface area (Å²) in [7, 11) is 0. The third-order valence-electron chi connectivity index (χ3n) is 7.98. The van der Waals surface area contributed by atoms with Crippen molar-refractivity contribution in [3.05, 3.63) is 132 Å². The highest BCUT2D eigenvalue weighted by molar-refractivity contribution is 6.23. The molecule has 0 bridgehead atoms. The highest BCUT2D eigenvalue weighted by atomic mass is 16.3. The maximum absolute atomic E-state index is 6.60. The lowest BCUT2D eigenvalue weighted by Crippen LogP contribution is -2.01. The summed E-state index contributed by atoms with van der Waals surface area (Å²) in [5, 5.41) is 6.37. The number of hydrogen-bond acceptors (Lipinski definition) is 1. The Labute approximate surface area is 215 Å². The van der Waals surface area contributed by atoms with Crippen LogP contribution in [0.15, 0.2) is 126 Å². The molecule has 1 heterocycles. The molecule has 0 unspecified atom stereocenters. The van der Waals surface area contributed by atoms with Crippen molar-refractivity contribution in [3.8, 4) is 33.6 Å². The summed E-state index contributed by atoms with van der Waals surface area (Å²) in [6.45, 7) is 0. The van der Waals surface area contributed by atoms with Crippen LogP contribution in [0.5, 0.6) is 0 Å². The van der Waals surface area contributed by atoms with Gasteiger partial charge in [-0.15, -0.1) is 0 Å². The van der Waals surface area contributed by atoms with Crippen LogP contribution in [0.1, 0.15) is 11.1 Å². The molecule has 0 atom stereocenters. The predicted octanol–water partition coefficient (Wildman–Crippen LogP) is 9.84. The summed E-state index contributed by atoms with van der Waals surface area (Å²) in [5.41, 5.74) is 10.0. The van der Waals surface area contributed by atoms with E-state index >= 15 is 0 Å². The molecule has 37 heavy (non-hydrogen) atoms.